The maximum Gasteiger partial charge on any atom is 0.331 e. The number of benzene rings is 2. The largest absolute Gasteiger partial charge is 0.465 e. The standard InChI is InChI=1S/C20H16N4O2/c1-2-26-20(25)16(13-21)19-22-17(14-9-5-3-6-10-14)18(23-24-19)15-11-7-4-8-12-15/h3-12,16H,2H2,1H3/t16-/m1/s1. The van der Waals surface area contributed by atoms with Gasteiger partial charge in [0, 0.05) is 11.1 Å². The Balaban J connectivity index is 2.14. The van der Waals surface area contributed by atoms with Crippen LogP contribution in [0, 0.1) is 11.3 Å². The van der Waals surface area contributed by atoms with Crippen molar-refractivity contribution in [3.63, 3.8) is 0 Å². The van der Waals surface area contributed by atoms with Gasteiger partial charge in [-0.1, -0.05) is 60.7 Å². The molecule has 0 aliphatic carbocycles. The molecule has 6 nitrogen and oxygen atoms in total. The van der Waals surface area contributed by atoms with E-state index in [4.69, 9.17) is 4.74 Å². The SMILES string of the molecule is CCOC(=O)[C@H](C#N)c1nnc(-c2ccccc2)c(-c2ccccc2)n1. The number of rotatable bonds is 5. The third-order valence-electron chi connectivity index (χ3n) is 3.71. The van der Waals surface area contributed by atoms with Crippen LogP contribution in [0.1, 0.15) is 18.7 Å². The van der Waals surface area contributed by atoms with Gasteiger partial charge in [0.25, 0.3) is 0 Å². The van der Waals surface area contributed by atoms with Crippen molar-refractivity contribution in [2.24, 2.45) is 0 Å². The Morgan fingerprint density at radius 3 is 2.12 bits per heavy atom. The van der Waals surface area contributed by atoms with Crippen molar-refractivity contribution in [2.75, 3.05) is 6.61 Å². The number of carbonyl (C=O) groups is 1. The second kappa shape index (κ2) is 7.99. The van der Waals surface area contributed by atoms with Crippen molar-refractivity contribution < 1.29 is 9.53 Å². The highest BCUT2D eigenvalue weighted by atomic mass is 16.5. The zero-order chi connectivity index (χ0) is 18.4. The molecule has 3 aromatic rings. The number of aromatic nitrogens is 3. The van der Waals surface area contributed by atoms with E-state index in [1.54, 1.807) is 6.92 Å². The van der Waals surface area contributed by atoms with Gasteiger partial charge in [0.2, 0.25) is 5.92 Å². The van der Waals surface area contributed by atoms with Crippen LogP contribution in [-0.2, 0) is 9.53 Å². The lowest BCUT2D eigenvalue weighted by Crippen LogP contribution is -2.18. The van der Waals surface area contributed by atoms with Crippen LogP contribution in [0.3, 0.4) is 0 Å². The van der Waals surface area contributed by atoms with Crippen LogP contribution in [0.5, 0.6) is 0 Å². The first-order valence-corrected chi connectivity index (χ1v) is 8.16. The Kier molecular flexibility index (Phi) is 5.30. The molecule has 0 aliphatic heterocycles. The zero-order valence-electron chi connectivity index (χ0n) is 14.2. The molecule has 128 valence electrons. The molecule has 0 N–H and O–H groups in total. The van der Waals surface area contributed by atoms with Crippen molar-refractivity contribution in [1.82, 2.24) is 15.2 Å². The van der Waals surface area contributed by atoms with Gasteiger partial charge in [0.05, 0.1) is 12.7 Å². The Morgan fingerprint density at radius 2 is 1.58 bits per heavy atom. The molecule has 0 spiro atoms. The lowest BCUT2D eigenvalue weighted by Gasteiger charge is -2.11. The average Bonchev–Trinajstić information content (AvgIpc) is 2.70. The van der Waals surface area contributed by atoms with Crippen molar-refractivity contribution >= 4 is 5.97 Å². The molecule has 0 saturated heterocycles. The predicted molar refractivity (Wildman–Crippen MR) is 95.7 cm³/mol. The first-order valence-electron chi connectivity index (χ1n) is 8.16. The van der Waals surface area contributed by atoms with E-state index in [1.807, 2.05) is 66.7 Å². The maximum absolute atomic E-state index is 12.0. The van der Waals surface area contributed by atoms with Crippen molar-refractivity contribution in [1.29, 1.82) is 5.26 Å². The van der Waals surface area contributed by atoms with Crippen molar-refractivity contribution in [3.8, 4) is 28.6 Å². The molecule has 6 heteroatoms. The minimum Gasteiger partial charge on any atom is -0.465 e. The number of ether oxygens (including phenoxy) is 1. The second-order valence-electron chi connectivity index (χ2n) is 5.41. The fraction of sp³-hybridized carbons (Fsp3) is 0.150. The maximum atomic E-state index is 12.0. The van der Waals surface area contributed by atoms with Gasteiger partial charge in [0.15, 0.2) is 5.82 Å². The minimum atomic E-state index is -1.21. The summed E-state index contributed by atoms with van der Waals surface area (Å²) in [5.74, 6) is -1.86. The lowest BCUT2D eigenvalue weighted by atomic mass is 10.0. The van der Waals surface area contributed by atoms with Crippen LogP contribution >= 0.6 is 0 Å². The van der Waals surface area contributed by atoms with E-state index in [9.17, 15) is 10.1 Å². The summed E-state index contributed by atoms with van der Waals surface area (Å²) >= 11 is 0. The van der Waals surface area contributed by atoms with E-state index < -0.39 is 11.9 Å². The monoisotopic (exact) mass is 344 g/mol. The molecule has 0 aliphatic rings. The number of carbonyl (C=O) groups excluding carboxylic acids is 1. The fourth-order valence-corrected chi connectivity index (χ4v) is 2.49. The quantitative estimate of drug-likeness (QED) is 0.659. The fourth-order valence-electron chi connectivity index (χ4n) is 2.49. The van der Waals surface area contributed by atoms with E-state index in [-0.39, 0.29) is 12.4 Å². The van der Waals surface area contributed by atoms with Crippen LogP contribution in [0.15, 0.2) is 60.7 Å². The van der Waals surface area contributed by atoms with Crippen molar-refractivity contribution in [3.05, 3.63) is 66.5 Å². The Labute approximate surface area is 151 Å². The Bertz CT molecular complexity index is 937. The summed E-state index contributed by atoms with van der Waals surface area (Å²) in [6.07, 6.45) is 0. The summed E-state index contributed by atoms with van der Waals surface area (Å²) in [4.78, 5) is 16.5. The first kappa shape index (κ1) is 17.2. The summed E-state index contributed by atoms with van der Waals surface area (Å²) in [7, 11) is 0. The Morgan fingerprint density at radius 1 is 1.00 bits per heavy atom. The van der Waals surface area contributed by atoms with Gasteiger partial charge in [-0.15, -0.1) is 10.2 Å². The molecule has 0 unspecified atom stereocenters. The molecule has 0 amide bonds. The molecule has 26 heavy (non-hydrogen) atoms. The third kappa shape index (κ3) is 3.57. The van der Waals surface area contributed by atoms with Gasteiger partial charge in [-0.05, 0) is 6.92 Å². The van der Waals surface area contributed by atoms with E-state index in [1.165, 1.54) is 0 Å². The Hall–Kier alpha value is -3.59. The molecular weight excluding hydrogens is 328 g/mol. The van der Waals surface area contributed by atoms with Gasteiger partial charge in [-0.2, -0.15) is 5.26 Å². The van der Waals surface area contributed by atoms with Gasteiger partial charge in [-0.25, -0.2) is 4.98 Å². The molecule has 0 bridgehead atoms. The average molecular weight is 344 g/mol. The molecular formula is C20H16N4O2. The smallest absolute Gasteiger partial charge is 0.331 e. The molecule has 2 aromatic carbocycles. The van der Waals surface area contributed by atoms with E-state index >= 15 is 0 Å². The van der Waals surface area contributed by atoms with Gasteiger partial charge in [0.1, 0.15) is 11.4 Å². The second-order valence-corrected chi connectivity index (χ2v) is 5.41. The summed E-state index contributed by atoms with van der Waals surface area (Å²) in [6, 6.07) is 20.9. The minimum absolute atomic E-state index is 0.0319. The van der Waals surface area contributed by atoms with Crippen LogP contribution in [0.4, 0.5) is 0 Å². The highest BCUT2D eigenvalue weighted by Crippen LogP contribution is 2.29. The van der Waals surface area contributed by atoms with Gasteiger partial charge >= 0.3 is 5.97 Å². The highest BCUT2D eigenvalue weighted by molar-refractivity contribution is 5.81. The molecule has 3 rings (SSSR count). The van der Waals surface area contributed by atoms with Gasteiger partial charge < -0.3 is 4.74 Å². The zero-order valence-corrected chi connectivity index (χ0v) is 14.2. The summed E-state index contributed by atoms with van der Waals surface area (Å²) in [5.41, 5.74) is 2.82. The summed E-state index contributed by atoms with van der Waals surface area (Å²) < 4.78 is 4.94. The predicted octanol–water partition coefficient (Wildman–Crippen LogP) is 3.38. The topological polar surface area (TPSA) is 88.8 Å². The molecule has 1 heterocycles. The number of hydrogen-bond donors (Lipinski definition) is 0. The van der Waals surface area contributed by atoms with E-state index in [0.29, 0.717) is 11.4 Å². The van der Waals surface area contributed by atoms with Crippen molar-refractivity contribution in [2.45, 2.75) is 12.8 Å². The van der Waals surface area contributed by atoms with E-state index in [0.717, 1.165) is 11.1 Å². The van der Waals surface area contributed by atoms with Gasteiger partial charge in [-0.3, -0.25) is 4.79 Å². The molecule has 1 atom stereocenters. The van der Waals surface area contributed by atoms with E-state index in [2.05, 4.69) is 15.2 Å². The van der Waals surface area contributed by atoms with Crippen LogP contribution in [0.2, 0.25) is 0 Å². The van der Waals surface area contributed by atoms with Crippen LogP contribution in [-0.4, -0.2) is 27.8 Å². The first-order chi connectivity index (χ1) is 12.7. The lowest BCUT2D eigenvalue weighted by molar-refractivity contribution is -0.143. The number of esters is 1. The molecule has 0 fully saturated rings. The molecule has 0 radical (unpaired) electrons. The third-order valence-corrected chi connectivity index (χ3v) is 3.71. The van der Waals surface area contributed by atoms with Crippen LogP contribution < -0.4 is 0 Å². The normalized spacial score (nSPS) is 11.4. The highest BCUT2D eigenvalue weighted by Gasteiger charge is 2.27. The van der Waals surface area contributed by atoms with Crippen LogP contribution in [0.25, 0.3) is 22.5 Å². The molecule has 1 aromatic heterocycles. The molecule has 0 saturated carbocycles. The summed E-state index contributed by atoms with van der Waals surface area (Å²) in [6.45, 7) is 1.86. The number of nitriles is 1. The number of hydrogen-bond acceptors (Lipinski definition) is 6. The summed E-state index contributed by atoms with van der Waals surface area (Å²) in [5, 5.41) is 17.7. The number of nitrogens with zero attached hydrogens (tertiary/aromatic N) is 4.